The molecule has 3 heterocycles. The van der Waals surface area contributed by atoms with Gasteiger partial charge in [-0.2, -0.15) is 0 Å². The van der Waals surface area contributed by atoms with Crippen LogP contribution >= 0.6 is 23.1 Å². The van der Waals surface area contributed by atoms with Crippen LogP contribution < -0.4 is 19.6 Å². The van der Waals surface area contributed by atoms with Crippen LogP contribution in [0.4, 0.5) is 5.69 Å². The molecule has 210 valence electrons. The number of esters is 1. The lowest BCUT2D eigenvalue weighted by atomic mass is 9.96. The molecule has 41 heavy (non-hydrogen) atoms. The Morgan fingerprint density at radius 2 is 1.98 bits per heavy atom. The molecule has 0 amide bonds. The van der Waals surface area contributed by atoms with E-state index < -0.39 is 16.9 Å². The van der Waals surface area contributed by atoms with E-state index in [0.717, 1.165) is 21.8 Å². The summed E-state index contributed by atoms with van der Waals surface area (Å²) in [6.45, 7) is 3.64. The van der Waals surface area contributed by atoms with Gasteiger partial charge in [0.1, 0.15) is 17.3 Å². The smallest absolute Gasteiger partial charge is 0.338 e. The minimum atomic E-state index is -0.725. The molecule has 0 spiro atoms. The number of hydrogen-bond donors (Lipinski definition) is 0. The molecule has 10 nitrogen and oxygen atoms in total. The lowest BCUT2D eigenvalue weighted by Gasteiger charge is -2.24. The zero-order valence-electron chi connectivity index (χ0n) is 22.6. The summed E-state index contributed by atoms with van der Waals surface area (Å²) >= 11 is 2.76. The van der Waals surface area contributed by atoms with Crippen LogP contribution in [0.15, 0.2) is 85.0 Å². The maximum Gasteiger partial charge on any atom is 0.338 e. The van der Waals surface area contributed by atoms with Crippen molar-refractivity contribution in [2.24, 2.45) is 4.99 Å². The molecular formula is C29H25N3O7S2. The third-order valence-electron chi connectivity index (χ3n) is 6.52. The maximum absolute atomic E-state index is 13.8. The number of fused-ring (bicyclic) bond motifs is 1. The first-order valence-electron chi connectivity index (χ1n) is 12.5. The van der Waals surface area contributed by atoms with Crippen molar-refractivity contribution < 1.29 is 23.6 Å². The number of ether oxygens (including phenoxy) is 2. The highest BCUT2D eigenvalue weighted by Crippen LogP contribution is 2.35. The third kappa shape index (κ3) is 5.35. The van der Waals surface area contributed by atoms with Crippen LogP contribution in [-0.2, 0) is 9.53 Å². The van der Waals surface area contributed by atoms with E-state index in [1.807, 2.05) is 30.5 Å². The van der Waals surface area contributed by atoms with E-state index in [4.69, 9.17) is 13.9 Å². The van der Waals surface area contributed by atoms with Gasteiger partial charge in [0.25, 0.3) is 11.2 Å². The number of thiazole rings is 1. The fourth-order valence-electron chi connectivity index (χ4n) is 4.60. The lowest BCUT2D eigenvalue weighted by molar-refractivity contribution is -0.384. The number of nitro groups is 1. The first kappa shape index (κ1) is 28.1. The van der Waals surface area contributed by atoms with E-state index in [-0.39, 0.29) is 29.2 Å². The second kappa shape index (κ2) is 11.6. The number of methoxy groups -OCH3 is 1. The van der Waals surface area contributed by atoms with Crippen LogP contribution in [0.5, 0.6) is 5.75 Å². The van der Waals surface area contributed by atoms with Crippen LogP contribution in [0.3, 0.4) is 0 Å². The van der Waals surface area contributed by atoms with Gasteiger partial charge in [-0.05, 0) is 62.1 Å². The van der Waals surface area contributed by atoms with Gasteiger partial charge in [0.2, 0.25) is 0 Å². The van der Waals surface area contributed by atoms with Crippen molar-refractivity contribution in [1.29, 1.82) is 0 Å². The lowest BCUT2D eigenvalue weighted by Crippen LogP contribution is -2.39. The number of aromatic nitrogens is 1. The van der Waals surface area contributed by atoms with Gasteiger partial charge in [0, 0.05) is 11.0 Å². The summed E-state index contributed by atoms with van der Waals surface area (Å²) in [5.41, 5.74) is 1.28. The summed E-state index contributed by atoms with van der Waals surface area (Å²) in [6.07, 6.45) is 3.54. The highest BCUT2D eigenvalue weighted by Gasteiger charge is 2.33. The quantitative estimate of drug-likeness (QED) is 0.125. The van der Waals surface area contributed by atoms with E-state index in [0.29, 0.717) is 32.1 Å². The Balaban J connectivity index is 1.62. The standard InChI is InChI=1S/C29H25N3O7S2/c1-5-38-28(34)25-16(2)30-29-31(26(25)17-6-10-20(40-4)11-7-17)27(33)24(41-29)15-19-9-13-23(39-19)21-12-8-18(37-3)14-22(21)32(35)36/h6-15,26H,5H2,1-4H3/b24-15-. The molecule has 1 aliphatic heterocycles. The van der Waals surface area contributed by atoms with Gasteiger partial charge < -0.3 is 13.9 Å². The maximum atomic E-state index is 13.8. The predicted octanol–water partition coefficient (Wildman–Crippen LogP) is 4.70. The van der Waals surface area contributed by atoms with E-state index in [9.17, 15) is 19.7 Å². The van der Waals surface area contributed by atoms with E-state index >= 15 is 0 Å². The van der Waals surface area contributed by atoms with Crippen molar-refractivity contribution in [2.75, 3.05) is 20.0 Å². The topological polar surface area (TPSA) is 126 Å². The summed E-state index contributed by atoms with van der Waals surface area (Å²) in [6, 6.07) is 14.7. The first-order valence-corrected chi connectivity index (χ1v) is 14.6. The SMILES string of the molecule is CCOC(=O)C1=C(C)N=c2s/c(=C\c3ccc(-c4ccc(OC)cc4[N+](=O)[O-])o3)c(=O)n2C1c1ccc(SC)cc1. The predicted molar refractivity (Wildman–Crippen MR) is 156 cm³/mol. The van der Waals surface area contributed by atoms with Gasteiger partial charge in [-0.25, -0.2) is 9.79 Å². The molecule has 12 heteroatoms. The number of nitro benzene ring substituents is 1. The fraction of sp³-hybridized carbons (Fsp3) is 0.207. The number of furan rings is 1. The number of rotatable bonds is 8. The number of nitrogens with zero attached hydrogens (tertiary/aromatic N) is 3. The first-order chi connectivity index (χ1) is 19.7. The van der Waals surface area contributed by atoms with Crippen LogP contribution in [0.2, 0.25) is 0 Å². The van der Waals surface area contributed by atoms with Crippen molar-refractivity contribution >= 4 is 40.8 Å². The molecule has 0 N–H and O–H groups in total. The molecule has 2 aromatic carbocycles. The molecule has 0 saturated heterocycles. The molecular weight excluding hydrogens is 566 g/mol. The van der Waals surface area contributed by atoms with E-state index in [2.05, 4.69) is 4.99 Å². The fourth-order valence-corrected chi connectivity index (χ4v) is 6.03. The molecule has 5 rings (SSSR count). The molecule has 4 aromatic rings. The number of benzene rings is 2. The number of allylic oxidation sites excluding steroid dienone is 1. The second-order valence-corrected chi connectivity index (χ2v) is 10.8. The van der Waals surface area contributed by atoms with Crippen molar-refractivity contribution in [2.45, 2.75) is 24.8 Å². The van der Waals surface area contributed by atoms with Crippen molar-refractivity contribution in [3.63, 3.8) is 0 Å². The Hall–Kier alpha value is -4.42. The molecule has 0 fully saturated rings. The molecule has 1 aliphatic rings. The Bertz CT molecular complexity index is 1870. The summed E-state index contributed by atoms with van der Waals surface area (Å²) in [7, 11) is 1.43. The van der Waals surface area contributed by atoms with Gasteiger partial charge in [-0.3, -0.25) is 19.5 Å². The summed E-state index contributed by atoms with van der Waals surface area (Å²) < 4.78 is 18.2. The van der Waals surface area contributed by atoms with Gasteiger partial charge in [0.15, 0.2) is 4.80 Å². The number of thioether (sulfide) groups is 1. The number of hydrogen-bond acceptors (Lipinski definition) is 10. The van der Waals surface area contributed by atoms with Crippen molar-refractivity contribution in [1.82, 2.24) is 4.57 Å². The third-order valence-corrected chi connectivity index (χ3v) is 8.24. The minimum Gasteiger partial charge on any atom is -0.497 e. The average Bonchev–Trinajstić information content (AvgIpc) is 3.56. The molecule has 0 radical (unpaired) electrons. The highest BCUT2D eigenvalue weighted by atomic mass is 32.2. The second-order valence-electron chi connectivity index (χ2n) is 8.92. The Labute approximate surface area is 242 Å². The minimum absolute atomic E-state index is 0.168. The Morgan fingerprint density at radius 3 is 2.63 bits per heavy atom. The van der Waals surface area contributed by atoms with E-state index in [1.54, 1.807) is 56.0 Å². The normalized spacial score (nSPS) is 14.9. The van der Waals surface area contributed by atoms with Gasteiger partial charge in [-0.15, -0.1) is 11.8 Å². The monoisotopic (exact) mass is 591 g/mol. The highest BCUT2D eigenvalue weighted by molar-refractivity contribution is 7.98. The Morgan fingerprint density at radius 1 is 1.22 bits per heavy atom. The molecule has 2 aromatic heterocycles. The summed E-state index contributed by atoms with van der Waals surface area (Å²) in [4.78, 5) is 44.1. The molecule has 1 unspecified atom stereocenters. The van der Waals surface area contributed by atoms with E-state index in [1.165, 1.54) is 17.7 Å². The van der Waals surface area contributed by atoms with Gasteiger partial charge >= 0.3 is 5.97 Å². The molecule has 0 bridgehead atoms. The summed E-state index contributed by atoms with van der Waals surface area (Å²) in [5, 5.41) is 11.7. The van der Waals surface area contributed by atoms with Gasteiger partial charge in [0.05, 0.1) is 52.1 Å². The largest absolute Gasteiger partial charge is 0.497 e. The average molecular weight is 592 g/mol. The van der Waals surface area contributed by atoms with Crippen LogP contribution in [0.1, 0.15) is 31.2 Å². The van der Waals surface area contributed by atoms with Crippen molar-refractivity contribution in [3.8, 4) is 17.1 Å². The number of carbonyl (C=O) groups is 1. The van der Waals surface area contributed by atoms with Crippen molar-refractivity contribution in [3.05, 3.63) is 107 Å². The molecule has 0 saturated carbocycles. The molecule has 0 aliphatic carbocycles. The zero-order valence-corrected chi connectivity index (χ0v) is 24.2. The van der Waals surface area contributed by atoms with Crippen LogP contribution in [0, 0.1) is 10.1 Å². The van der Waals surface area contributed by atoms with Crippen LogP contribution in [0.25, 0.3) is 17.4 Å². The summed E-state index contributed by atoms with van der Waals surface area (Å²) in [5.74, 6) is 0.422. The molecule has 1 atom stereocenters. The van der Waals surface area contributed by atoms with Crippen LogP contribution in [-0.4, -0.2) is 35.4 Å². The zero-order chi connectivity index (χ0) is 29.3. The number of carbonyl (C=O) groups excluding carboxylic acids is 1. The Kier molecular flexibility index (Phi) is 7.95. The van der Waals surface area contributed by atoms with Gasteiger partial charge in [-0.1, -0.05) is 23.5 Å².